The molecule has 0 unspecified atom stereocenters. The Hall–Kier alpha value is -0.100. The number of halogens is 2. The van der Waals surface area contributed by atoms with Crippen LogP contribution >= 0.6 is 34.2 Å². The molecular formula is C7H9ClIN3. The Kier molecular flexibility index (Phi) is 4.00. The number of alkyl halides is 1. The maximum atomic E-state index is 5.61. The third kappa shape index (κ3) is 2.45. The normalized spacial score (nSPS) is 9.92. The first-order chi connectivity index (χ1) is 5.75. The van der Waals surface area contributed by atoms with Gasteiger partial charge in [0.1, 0.15) is 12.1 Å². The molecule has 0 radical (unpaired) electrons. The van der Waals surface area contributed by atoms with E-state index in [0.29, 0.717) is 5.88 Å². The lowest BCUT2D eigenvalue weighted by atomic mass is 10.5. The molecular weight excluding hydrogens is 288 g/mol. The summed E-state index contributed by atoms with van der Waals surface area (Å²) < 4.78 is 1.04. The van der Waals surface area contributed by atoms with Crippen molar-refractivity contribution in [1.29, 1.82) is 0 Å². The van der Waals surface area contributed by atoms with Gasteiger partial charge in [-0.2, -0.15) is 0 Å². The topological polar surface area (TPSA) is 29.0 Å². The molecule has 3 nitrogen and oxygen atoms in total. The van der Waals surface area contributed by atoms with Gasteiger partial charge in [0.25, 0.3) is 0 Å². The lowest BCUT2D eigenvalue weighted by molar-refractivity contribution is 0.926. The van der Waals surface area contributed by atoms with Crippen LogP contribution in [0.3, 0.4) is 0 Å². The molecule has 5 heteroatoms. The predicted molar refractivity (Wildman–Crippen MR) is 58.7 cm³/mol. The van der Waals surface area contributed by atoms with E-state index in [9.17, 15) is 0 Å². The van der Waals surface area contributed by atoms with E-state index in [0.717, 1.165) is 15.9 Å². The van der Waals surface area contributed by atoms with Crippen LogP contribution in [0.2, 0.25) is 0 Å². The smallest absolute Gasteiger partial charge is 0.145 e. The quantitative estimate of drug-likeness (QED) is 0.629. The van der Waals surface area contributed by atoms with Crippen molar-refractivity contribution in [3.63, 3.8) is 0 Å². The molecule has 0 aliphatic heterocycles. The monoisotopic (exact) mass is 297 g/mol. The first-order valence-corrected chi connectivity index (χ1v) is 5.09. The van der Waals surface area contributed by atoms with Crippen molar-refractivity contribution in [1.82, 2.24) is 9.97 Å². The summed E-state index contributed by atoms with van der Waals surface area (Å²) in [7, 11) is 1.97. The third-order valence-electron chi connectivity index (χ3n) is 1.43. The van der Waals surface area contributed by atoms with Crippen LogP contribution in [0.1, 0.15) is 0 Å². The van der Waals surface area contributed by atoms with Crippen molar-refractivity contribution in [2.45, 2.75) is 0 Å². The molecule has 0 saturated carbocycles. The third-order valence-corrected chi connectivity index (χ3v) is 2.36. The van der Waals surface area contributed by atoms with E-state index in [1.165, 1.54) is 0 Å². The van der Waals surface area contributed by atoms with E-state index in [1.54, 1.807) is 12.5 Å². The summed E-state index contributed by atoms with van der Waals surface area (Å²) in [5.74, 6) is 1.54. The molecule has 0 amide bonds. The summed E-state index contributed by atoms with van der Waals surface area (Å²) >= 11 is 7.82. The van der Waals surface area contributed by atoms with E-state index in [2.05, 4.69) is 32.6 Å². The zero-order valence-corrected chi connectivity index (χ0v) is 9.58. The first kappa shape index (κ1) is 9.98. The minimum atomic E-state index is 0.608. The van der Waals surface area contributed by atoms with Crippen LogP contribution in [0.5, 0.6) is 0 Å². The second-order valence-corrected chi connectivity index (χ2v) is 3.84. The maximum absolute atomic E-state index is 5.61. The molecule has 0 atom stereocenters. The fourth-order valence-corrected chi connectivity index (χ4v) is 1.79. The molecule has 0 bridgehead atoms. The van der Waals surface area contributed by atoms with Gasteiger partial charge in [0, 0.05) is 25.7 Å². The van der Waals surface area contributed by atoms with Gasteiger partial charge in [0.2, 0.25) is 0 Å². The molecule has 0 aliphatic rings. The summed E-state index contributed by atoms with van der Waals surface area (Å²) in [5.41, 5.74) is 0. The zero-order valence-electron chi connectivity index (χ0n) is 6.67. The molecule has 1 aromatic heterocycles. The van der Waals surface area contributed by atoms with Gasteiger partial charge in [0.05, 0.1) is 3.57 Å². The Balaban J connectivity index is 2.79. The SMILES string of the molecule is CN(CCCl)c1ncncc1I. The largest absolute Gasteiger partial charge is 0.358 e. The van der Waals surface area contributed by atoms with Gasteiger partial charge < -0.3 is 4.90 Å². The number of nitrogens with zero attached hydrogens (tertiary/aromatic N) is 3. The Morgan fingerprint density at radius 2 is 2.42 bits per heavy atom. The Bertz CT molecular complexity index is 256. The van der Waals surface area contributed by atoms with Crippen molar-refractivity contribution in [3.05, 3.63) is 16.1 Å². The molecule has 1 rings (SSSR count). The lowest BCUT2D eigenvalue weighted by Gasteiger charge is -2.16. The molecule has 0 N–H and O–H groups in total. The summed E-state index contributed by atoms with van der Waals surface area (Å²) in [4.78, 5) is 10.1. The summed E-state index contributed by atoms with van der Waals surface area (Å²) in [6, 6.07) is 0. The van der Waals surface area contributed by atoms with Crippen LogP contribution in [0.25, 0.3) is 0 Å². The molecule has 0 saturated heterocycles. The van der Waals surface area contributed by atoms with Crippen LogP contribution in [0.15, 0.2) is 12.5 Å². The van der Waals surface area contributed by atoms with Crippen LogP contribution < -0.4 is 4.90 Å². The van der Waals surface area contributed by atoms with E-state index in [1.807, 2.05) is 11.9 Å². The highest BCUT2D eigenvalue weighted by Gasteiger charge is 2.04. The molecule has 1 heterocycles. The summed E-state index contributed by atoms with van der Waals surface area (Å²) in [5, 5.41) is 0. The Labute approximate surface area is 90.3 Å². The number of rotatable bonds is 3. The van der Waals surface area contributed by atoms with Gasteiger partial charge in [-0.15, -0.1) is 11.6 Å². The van der Waals surface area contributed by atoms with E-state index < -0.39 is 0 Å². The molecule has 0 spiro atoms. The molecule has 0 fully saturated rings. The minimum Gasteiger partial charge on any atom is -0.358 e. The number of anilines is 1. The average Bonchev–Trinajstić information content (AvgIpc) is 2.05. The molecule has 1 aromatic rings. The second-order valence-electron chi connectivity index (χ2n) is 2.30. The molecule has 0 aliphatic carbocycles. The van der Waals surface area contributed by atoms with Crippen LogP contribution in [-0.4, -0.2) is 29.4 Å². The van der Waals surface area contributed by atoms with E-state index in [4.69, 9.17) is 11.6 Å². The standard InChI is InChI=1S/C7H9ClIN3/c1-12(3-2-8)7-6(9)4-10-5-11-7/h4-5H,2-3H2,1H3. The lowest BCUT2D eigenvalue weighted by Crippen LogP contribution is -2.21. The van der Waals surface area contributed by atoms with Crippen LogP contribution in [-0.2, 0) is 0 Å². The van der Waals surface area contributed by atoms with Crippen molar-refractivity contribution in [2.75, 3.05) is 24.4 Å². The van der Waals surface area contributed by atoms with E-state index in [-0.39, 0.29) is 0 Å². The highest BCUT2D eigenvalue weighted by Crippen LogP contribution is 2.15. The average molecular weight is 298 g/mol. The van der Waals surface area contributed by atoms with Gasteiger partial charge in [-0.1, -0.05) is 0 Å². The predicted octanol–water partition coefficient (Wildman–Crippen LogP) is 1.76. The fourth-order valence-electron chi connectivity index (χ4n) is 0.820. The van der Waals surface area contributed by atoms with Crippen LogP contribution in [0.4, 0.5) is 5.82 Å². The summed E-state index contributed by atoms with van der Waals surface area (Å²) in [6.45, 7) is 0.800. The van der Waals surface area contributed by atoms with E-state index >= 15 is 0 Å². The second kappa shape index (κ2) is 4.81. The van der Waals surface area contributed by atoms with Crippen LogP contribution in [0, 0.1) is 3.57 Å². The van der Waals surface area contributed by atoms with Gasteiger partial charge >= 0.3 is 0 Å². The first-order valence-electron chi connectivity index (χ1n) is 3.48. The van der Waals surface area contributed by atoms with Crippen molar-refractivity contribution in [2.24, 2.45) is 0 Å². The number of hydrogen-bond acceptors (Lipinski definition) is 3. The number of aromatic nitrogens is 2. The minimum absolute atomic E-state index is 0.608. The number of hydrogen-bond donors (Lipinski definition) is 0. The molecule has 66 valence electrons. The zero-order chi connectivity index (χ0) is 8.97. The Morgan fingerprint density at radius 1 is 1.67 bits per heavy atom. The van der Waals surface area contributed by atoms with Crippen molar-refractivity contribution >= 4 is 40.0 Å². The van der Waals surface area contributed by atoms with Gasteiger partial charge in [-0.3, -0.25) is 0 Å². The fraction of sp³-hybridized carbons (Fsp3) is 0.429. The van der Waals surface area contributed by atoms with Crippen molar-refractivity contribution < 1.29 is 0 Å². The van der Waals surface area contributed by atoms with Gasteiger partial charge in [0.15, 0.2) is 0 Å². The molecule has 0 aromatic carbocycles. The summed E-state index contributed by atoms with van der Waals surface area (Å²) in [6.07, 6.45) is 3.33. The van der Waals surface area contributed by atoms with Gasteiger partial charge in [-0.05, 0) is 22.6 Å². The highest BCUT2D eigenvalue weighted by atomic mass is 127. The highest BCUT2D eigenvalue weighted by molar-refractivity contribution is 14.1. The van der Waals surface area contributed by atoms with Crippen molar-refractivity contribution in [3.8, 4) is 0 Å². The Morgan fingerprint density at radius 3 is 3.00 bits per heavy atom. The molecule has 12 heavy (non-hydrogen) atoms. The maximum Gasteiger partial charge on any atom is 0.145 e. The van der Waals surface area contributed by atoms with Gasteiger partial charge in [-0.25, -0.2) is 9.97 Å².